The molecule has 34 heavy (non-hydrogen) atoms. The molecule has 5 rings (SSSR count). The van der Waals surface area contributed by atoms with Crippen LogP contribution >= 0.6 is 0 Å². The number of anilines is 2. The molecule has 1 aromatic heterocycles. The first-order chi connectivity index (χ1) is 16.4. The number of nitrogens with zero attached hydrogens (tertiary/aromatic N) is 3. The van der Waals surface area contributed by atoms with Gasteiger partial charge in [0, 0.05) is 29.8 Å². The van der Waals surface area contributed by atoms with Crippen LogP contribution in [0.2, 0.25) is 0 Å². The van der Waals surface area contributed by atoms with Crippen LogP contribution in [0.4, 0.5) is 11.5 Å². The normalized spacial score (nSPS) is 14.7. The van der Waals surface area contributed by atoms with Gasteiger partial charge in [0.25, 0.3) is 5.91 Å². The summed E-state index contributed by atoms with van der Waals surface area (Å²) in [6.07, 6.45) is 0.856. The molecule has 2 heterocycles. The average Bonchev–Trinajstić information content (AvgIpc) is 3.34. The second-order valence-corrected chi connectivity index (χ2v) is 8.67. The third kappa shape index (κ3) is 3.77. The van der Waals surface area contributed by atoms with Crippen LogP contribution in [0, 0.1) is 6.92 Å². The van der Waals surface area contributed by atoms with E-state index >= 15 is 0 Å². The molecule has 2 amide bonds. The van der Waals surface area contributed by atoms with Crippen molar-refractivity contribution in [2.24, 2.45) is 0 Å². The maximum absolute atomic E-state index is 13.4. The predicted molar refractivity (Wildman–Crippen MR) is 134 cm³/mol. The Bertz CT molecular complexity index is 1370. The van der Waals surface area contributed by atoms with Gasteiger partial charge < -0.3 is 10.2 Å². The van der Waals surface area contributed by atoms with E-state index in [0.717, 1.165) is 34.6 Å². The number of fused-ring (bicyclic) bond motifs is 1. The number of hydrogen-bond donors (Lipinski definition) is 1. The number of carbonyl (C=O) groups is 2. The molecule has 0 unspecified atom stereocenters. The largest absolute Gasteiger partial charge is 0.310 e. The molecule has 0 radical (unpaired) electrons. The molecule has 0 saturated carbocycles. The molecule has 0 bridgehead atoms. The molecule has 1 aliphatic heterocycles. The molecule has 6 heteroatoms. The minimum atomic E-state index is -0.174. The summed E-state index contributed by atoms with van der Waals surface area (Å²) in [5, 5.41) is 7.66. The van der Waals surface area contributed by atoms with Gasteiger partial charge in [-0.05, 0) is 61.7 Å². The summed E-state index contributed by atoms with van der Waals surface area (Å²) in [4.78, 5) is 27.3. The molecule has 0 spiro atoms. The number of aromatic nitrogens is 2. The number of nitrogens with one attached hydrogen (secondary N) is 1. The lowest BCUT2D eigenvalue weighted by molar-refractivity contribution is -0.114. The molecule has 4 aromatic rings. The number of hydrogen-bond acceptors (Lipinski definition) is 3. The van der Waals surface area contributed by atoms with Crippen molar-refractivity contribution >= 4 is 23.3 Å². The Morgan fingerprint density at radius 2 is 1.62 bits per heavy atom. The van der Waals surface area contributed by atoms with E-state index in [-0.39, 0.29) is 17.9 Å². The standard InChI is InChI=1S/C28H26N4O2/c1-18-17-23-11-7-8-12-25(23)31(18)28(34)22-13-15-24(16-14-22)32-27(29-20(3)33)26(19(2)30-32)21-9-5-4-6-10-21/h4-16,18H,17H2,1-3H3,(H,29,33)/t18-/m0/s1. The summed E-state index contributed by atoms with van der Waals surface area (Å²) in [6, 6.07) is 25.4. The molecule has 0 fully saturated rings. The molecule has 1 N–H and O–H groups in total. The molecule has 170 valence electrons. The predicted octanol–water partition coefficient (Wildman–Crippen LogP) is 5.40. The van der Waals surface area contributed by atoms with Crippen LogP contribution in [-0.2, 0) is 11.2 Å². The fourth-order valence-corrected chi connectivity index (χ4v) is 4.71. The fraction of sp³-hybridized carbons (Fsp3) is 0.179. The van der Waals surface area contributed by atoms with E-state index in [1.807, 2.05) is 84.6 Å². The van der Waals surface area contributed by atoms with E-state index in [0.29, 0.717) is 11.4 Å². The lowest BCUT2D eigenvalue weighted by atomic mass is 10.1. The highest BCUT2D eigenvalue weighted by Crippen LogP contribution is 2.35. The minimum absolute atomic E-state index is 0.0206. The van der Waals surface area contributed by atoms with E-state index in [1.165, 1.54) is 12.5 Å². The topological polar surface area (TPSA) is 67.2 Å². The first-order valence-corrected chi connectivity index (χ1v) is 11.4. The van der Waals surface area contributed by atoms with E-state index < -0.39 is 0 Å². The third-order valence-corrected chi connectivity index (χ3v) is 6.20. The highest BCUT2D eigenvalue weighted by molar-refractivity contribution is 6.07. The summed E-state index contributed by atoms with van der Waals surface area (Å²) in [6.45, 7) is 5.48. The fourth-order valence-electron chi connectivity index (χ4n) is 4.71. The molecular weight excluding hydrogens is 424 g/mol. The van der Waals surface area contributed by atoms with Gasteiger partial charge in [0.2, 0.25) is 5.91 Å². The lowest BCUT2D eigenvalue weighted by Crippen LogP contribution is -2.35. The molecule has 6 nitrogen and oxygen atoms in total. The van der Waals surface area contributed by atoms with Gasteiger partial charge in [-0.25, -0.2) is 4.68 Å². The number of rotatable bonds is 4. The van der Waals surface area contributed by atoms with Gasteiger partial charge in [0.15, 0.2) is 0 Å². The smallest absolute Gasteiger partial charge is 0.258 e. The average molecular weight is 451 g/mol. The Morgan fingerprint density at radius 1 is 0.941 bits per heavy atom. The zero-order chi connectivity index (χ0) is 23.8. The van der Waals surface area contributed by atoms with Crippen molar-refractivity contribution in [1.29, 1.82) is 0 Å². The van der Waals surface area contributed by atoms with E-state index in [1.54, 1.807) is 4.68 Å². The Balaban J connectivity index is 1.51. The lowest BCUT2D eigenvalue weighted by Gasteiger charge is -2.23. The van der Waals surface area contributed by atoms with E-state index in [4.69, 9.17) is 5.10 Å². The second kappa shape index (κ2) is 8.63. The van der Waals surface area contributed by atoms with Gasteiger partial charge >= 0.3 is 0 Å². The second-order valence-electron chi connectivity index (χ2n) is 8.67. The first-order valence-electron chi connectivity index (χ1n) is 11.4. The highest BCUT2D eigenvalue weighted by atomic mass is 16.2. The summed E-state index contributed by atoms with van der Waals surface area (Å²) in [5.41, 5.74) is 6.20. The minimum Gasteiger partial charge on any atom is -0.310 e. The molecule has 1 atom stereocenters. The molecule has 1 aliphatic rings. The van der Waals surface area contributed by atoms with Crippen molar-refractivity contribution in [2.75, 3.05) is 10.2 Å². The van der Waals surface area contributed by atoms with Crippen molar-refractivity contribution < 1.29 is 9.59 Å². The number of para-hydroxylation sites is 1. The first kappa shape index (κ1) is 21.6. The Morgan fingerprint density at radius 3 is 2.32 bits per heavy atom. The Hall–Kier alpha value is -4.19. The molecule has 0 aliphatic carbocycles. The van der Waals surface area contributed by atoms with Crippen LogP contribution in [0.1, 0.15) is 35.5 Å². The maximum atomic E-state index is 13.4. The van der Waals surface area contributed by atoms with Crippen molar-refractivity contribution in [2.45, 2.75) is 33.2 Å². The van der Waals surface area contributed by atoms with Gasteiger partial charge in [-0.15, -0.1) is 0 Å². The molecular formula is C28H26N4O2. The van der Waals surface area contributed by atoms with Crippen molar-refractivity contribution in [3.63, 3.8) is 0 Å². The number of carbonyl (C=O) groups excluding carboxylic acids is 2. The van der Waals surface area contributed by atoms with Crippen LogP contribution in [0.5, 0.6) is 0 Å². The van der Waals surface area contributed by atoms with Gasteiger partial charge in [0.05, 0.1) is 11.4 Å². The zero-order valence-corrected chi connectivity index (χ0v) is 19.4. The van der Waals surface area contributed by atoms with E-state index in [9.17, 15) is 9.59 Å². The summed E-state index contributed by atoms with van der Waals surface area (Å²) in [7, 11) is 0. The van der Waals surface area contributed by atoms with Crippen LogP contribution in [-0.4, -0.2) is 27.6 Å². The Labute approximate surface area is 198 Å². The third-order valence-electron chi connectivity index (χ3n) is 6.20. The van der Waals surface area contributed by atoms with Crippen LogP contribution in [0.25, 0.3) is 16.8 Å². The van der Waals surface area contributed by atoms with Crippen LogP contribution < -0.4 is 10.2 Å². The quantitative estimate of drug-likeness (QED) is 0.453. The van der Waals surface area contributed by atoms with Gasteiger partial charge in [-0.3, -0.25) is 9.59 Å². The van der Waals surface area contributed by atoms with Crippen molar-refractivity contribution in [3.8, 4) is 16.8 Å². The SMILES string of the molecule is CC(=O)Nc1c(-c2ccccc2)c(C)nn1-c1ccc(C(=O)N2c3ccccc3C[C@@H]2C)cc1. The summed E-state index contributed by atoms with van der Waals surface area (Å²) in [5.74, 6) is 0.414. The van der Waals surface area contributed by atoms with Crippen molar-refractivity contribution in [3.05, 3.63) is 95.7 Å². The van der Waals surface area contributed by atoms with Gasteiger partial charge in [-0.1, -0.05) is 48.5 Å². The van der Waals surface area contributed by atoms with Crippen LogP contribution in [0.3, 0.4) is 0 Å². The Kier molecular flexibility index (Phi) is 5.49. The van der Waals surface area contributed by atoms with Crippen LogP contribution in [0.15, 0.2) is 78.9 Å². The molecule has 3 aromatic carbocycles. The zero-order valence-electron chi connectivity index (χ0n) is 19.4. The summed E-state index contributed by atoms with van der Waals surface area (Å²) >= 11 is 0. The van der Waals surface area contributed by atoms with Gasteiger partial charge in [0.1, 0.15) is 5.82 Å². The van der Waals surface area contributed by atoms with Gasteiger partial charge in [-0.2, -0.15) is 5.10 Å². The monoisotopic (exact) mass is 450 g/mol. The number of benzene rings is 3. The molecule has 0 saturated heterocycles. The maximum Gasteiger partial charge on any atom is 0.258 e. The van der Waals surface area contributed by atoms with Crippen molar-refractivity contribution in [1.82, 2.24) is 9.78 Å². The summed E-state index contributed by atoms with van der Waals surface area (Å²) < 4.78 is 1.72. The van der Waals surface area contributed by atoms with E-state index in [2.05, 4.69) is 18.3 Å². The number of amides is 2. The number of aryl methyl sites for hydroxylation is 1. The highest BCUT2D eigenvalue weighted by Gasteiger charge is 2.31.